The molecule has 1 saturated heterocycles. The highest BCUT2D eigenvalue weighted by Gasteiger charge is 2.51. The summed E-state index contributed by atoms with van der Waals surface area (Å²) in [5, 5.41) is 30.1. The number of allylic oxidation sites excluding steroid dienone is 1. The molecule has 2 bridgehead atoms. The molecule has 142 valence electrons. The summed E-state index contributed by atoms with van der Waals surface area (Å²) < 4.78 is 16.1. The Morgan fingerprint density at radius 2 is 2.00 bits per heavy atom. The minimum absolute atomic E-state index is 0.208. The largest absolute Gasteiger partial charge is 0.463 e. The summed E-state index contributed by atoms with van der Waals surface area (Å²) in [6.07, 6.45) is -1.79. The van der Waals surface area contributed by atoms with Crippen LogP contribution in [0.25, 0.3) is 0 Å². The maximum Gasteiger partial charge on any atom is 0.302 e. The van der Waals surface area contributed by atoms with Crippen LogP contribution < -0.4 is 0 Å². The van der Waals surface area contributed by atoms with Gasteiger partial charge in [-0.2, -0.15) is 0 Å². The van der Waals surface area contributed by atoms with Crippen LogP contribution in [0.4, 0.5) is 0 Å². The van der Waals surface area contributed by atoms with E-state index in [0.717, 1.165) is 18.8 Å². The first-order valence-electron chi connectivity index (χ1n) is 8.85. The number of fused-ring (bicyclic) bond motifs is 1. The number of ether oxygens (including phenoxy) is 3. The monoisotopic (exact) mass is 356 g/mol. The number of rotatable bonds is 5. The van der Waals surface area contributed by atoms with Gasteiger partial charge in [0.25, 0.3) is 0 Å². The molecule has 1 aliphatic heterocycles. The number of hydrogen-bond acceptors (Lipinski definition) is 7. The maximum atomic E-state index is 10.9. The Labute approximate surface area is 147 Å². The first-order valence-corrected chi connectivity index (χ1v) is 8.85. The zero-order chi connectivity index (χ0) is 18.4. The molecule has 7 atom stereocenters. The third kappa shape index (κ3) is 3.48. The van der Waals surface area contributed by atoms with E-state index in [1.807, 2.05) is 0 Å². The Morgan fingerprint density at radius 3 is 2.60 bits per heavy atom. The van der Waals surface area contributed by atoms with Crippen molar-refractivity contribution in [3.8, 4) is 0 Å². The van der Waals surface area contributed by atoms with Gasteiger partial charge < -0.3 is 29.5 Å². The molecule has 4 aliphatic rings. The molecule has 0 aromatic carbocycles. The van der Waals surface area contributed by atoms with E-state index in [-0.39, 0.29) is 12.0 Å². The molecule has 0 aromatic heterocycles. The fraction of sp³-hybridized carbons (Fsp3) is 0.833. The second-order valence-electron chi connectivity index (χ2n) is 7.95. The molecule has 0 unspecified atom stereocenters. The van der Waals surface area contributed by atoms with Crippen molar-refractivity contribution < 1.29 is 34.3 Å². The maximum absolute atomic E-state index is 10.9. The first-order chi connectivity index (χ1) is 11.7. The number of hydrogen-bond donors (Lipinski definition) is 3. The fourth-order valence-electron chi connectivity index (χ4n) is 4.21. The smallest absolute Gasteiger partial charge is 0.302 e. The van der Waals surface area contributed by atoms with Crippen LogP contribution in [-0.2, 0) is 19.0 Å². The van der Waals surface area contributed by atoms with E-state index in [2.05, 4.69) is 19.9 Å². The molecule has 4 rings (SSSR count). The molecule has 7 heteroatoms. The van der Waals surface area contributed by atoms with Gasteiger partial charge in [-0.1, -0.05) is 19.9 Å². The molecule has 25 heavy (non-hydrogen) atoms. The van der Waals surface area contributed by atoms with E-state index < -0.39 is 36.7 Å². The highest BCUT2D eigenvalue weighted by Crippen LogP contribution is 2.59. The Morgan fingerprint density at radius 1 is 1.28 bits per heavy atom. The van der Waals surface area contributed by atoms with Gasteiger partial charge in [0.1, 0.15) is 31.0 Å². The fourth-order valence-corrected chi connectivity index (χ4v) is 4.21. The lowest BCUT2D eigenvalue weighted by Crippen LogP contribution is -2.59. The van der Waals surface area contributed by atoms with Crippen molar-refractivity contribution in [1.82, 2.24) is 0 Å². The van der Waals surface area contributed by atoms with Crippen LogP contribution in [0.15, 0.2) is 11.6 Å². The minimum Gasteiger partial charge on any atom is -0.463 e. The van der Waals surface area contributed by atoms with E-state index in [4.69, 9.17) is 14.2 Å². The number of carbonyl (C=O) groups excluding carboxylic acids is 1. The highest BCUT2D eigenvalue weighted by atomic mass is 16.7. The van der Waals surface area contributed by atoms with E-state index >= 15 is 0 Å². The quantitative estimate of drug-likeness (QED) is 0.483. The Hall–Kier alpha value is -0.990. The lowest BCUT2D eigenvalue weighted by atomic mass is 9.49. The Bertz CT molecular complexity index is 544. The predicted octanol–water partition coefficient (Wildman–Crippen LogP) is 0.366. The second-order valence-corrected chi connectivity index (χ2v) is 7.95. The molecule has 2 fully saturated rings. The van der Waals surface area contributed by atoms with Crippen molar-refractivity contribution in [1.29, 1.82) is 0 Å². The average molecular weight is 356 g/mol. The summed E-state index contributed by atoms with van der Waals surface area (Å²) in [5.74, 6) is 0.685. The topological polar surface area (TPSA) is 105 Å². The SMILES string of the molecule is CC(=O)OC[C@H]1O[C@@H](OCC2=CC[C@H]3C[C@@H]2C3(C)C)[C@H](O)[C@@H](O)[C@@H]1O. The van der Waals surface area contributed by atoms with Crippen molar-refractivity contribution in [3.05, 3.63) is 11.6 Å². The lowest BCUT2D eigenvalue weighted by Gasteiger charge is -2.56. The minimum atomic E-state index is -1.43. The van der Waals surface area contributed by atoms with Crippen molar-refractivity contribution >= 4 is 5.97 Å². The first kappa shape index (κ1) is 18.8. The average Bonchev–Trinajstić information content (AvgIpc) is 2.58. The van der Waals surface area contributed by atoms with Crippen molar-refractivity contribution in [3.63, 3.8) is 0 Å². The van der Waals surface area contributed by atoms with Gasteiger partial charge in [0, 0.05) is 6.92 Å². The number of aliphatic hydroxyl groups is 3. The third-order valence-corrected chi connectivity index (χ3v) is 6.12. The van der Waals surface area contributed by atoms with E-state index in [0.29, 0.717) is 12.5 Å². The molecule has 0 spiro atoms. The predicted molar refractivity (Wildman–Crippen MR) is 87.3 cm³/mol. The van der Waals surface area contributed by atoms with Crippen molar-refractivity contribution in [2.24, 2.45) is 17.3 Å². The van der Waals surface area contributed by atoms with Crippen LogP contribution in [0.1, 0.15) is 33.6 Å². The standard InChI is InChI=1S/C18H28O7/c1-9(19)23-8-13-14(20)15(21)16(22)17(25-13)24-7-10-4-5-11-6-12(10)18(11,2)3/h4,11-17,20-22H,5-8H2,1-3H3/t11-,12-,13+,14+,15-,16+,17+/m0/s1. The zero-order valence-electron chi connectivity index (χ0n) is 14.9. The molecule has 0 amide bonds. The highest BCUT2D eigenvalue weighted by molar-refractivity contribution is 5.65. The zero-order valence-corrected chi connectivity index (χ0v) is 14.9. The van der Waals surface area contributed by atoms with Gasteiger partial charge in [-0.3, -0.25) is 4.79 Å². The molecular formula is C18H28O7. The lowest BCUT2D eigenvalue weighted by molar-refractivity contribution is -0.300. The Balaban J connectivity index is 1.59. The summed E-state index contributed by atoms with van der Waals surface area (Å²) in [4.78, 5) is 10.9. The van der Waals surface area contributed by atoms with Gasteiger partial charge in [0.2, 0.25) is 0 Å². The molecule has 7 nitrogen and oxygen atoms in total. The number of aliphatic hydroxyl groups excluding tert-OH is 3. The van der Waals surface area contributed by atoms with Crippen LogP contribution in [0, 0.1) is 17.3 Å². The van der Waals surface area contributed by atoms with Crippen LogP contribution >= 0.6 is 0 Å². The number of esters is 1. The van der Waals surface area contributed by atoms with Gasteiger partial charge in [0.05, 0.1) is 6.61 Å². The molecular weight excluding hydrogens is 328 g/mol. The van der Waals surface area contributed by atoms with E-state index in [1.54, 1.807) is 0 Å². The Kier molecular flexibility index (Phi) is 5.23. The van der Waals surface area contributed by atoms with Crippen LogP contribution in [-0.4, -0.2) is 65.2 Å². The van der Waals surface area contributed by atoms with Gasteiger partial charge >= 0.3 is 5.97 Å². The second kappa shape index (κ2) is 6.96. The van der Waals surface area contributed by atoms with Crippen molar-refractivity contribution in [2.45, 2.75) is 64.3 Å². The van der Waals surface area contributed by atoms with Gasteiger partial charge in [-0.15, -0.1) is 0 Å². The van der Waals surface area contributed by atoms with Crippen molar-refractivity contribution in [2.75, 3.05) is 13.2 Å². The van der Waals surface area contributed by atoms with Crippen LogP contribution in [0.2, 0.25) is 0 Å². The summed E-state index contributed by atoms with van der Waals surface area (Å²) in [6.45, 7) is 5.88. The number of carbonyl (C=O) groups is 1. The van der Waals surface area contributed by atoms with Crippen LogP contribution in [0.5, 0.6) is 0 Å². The molecule has 0 aromatic rings. The van der Waals surface area contributed by atoms with E-state index in [9.17, 15) is 20.1 Å². The molecule has 0 radical (unpaired) electrons. The van der Waals surface area contributed by atoms with Gasteiger partial charge in [-0.05, 0) is 35.7 Å². The third-order valence-electron chi connectivity index (χ3n) is 6.12. The molecule has 1 saturated carbocycles. The molecule has 3 N–H and O–H groups in total. The summed E-state index contributed by atoms with van der Waals surface area (Å²) in [7, 11) is 0. The van der Waals surface area contributed by atoms with Gasteiger partial charge in [-0.25, -0.2) is 0 Å². The normalized spacial score (nSPS) is 42.3. The van der Waals surface area contributed by atoms with E-state index in [1.165, 1.54) is 12.5 Å². The summed E-state index contributed by atoms with van der Waals surface area (Å²) in [6, 6.07) is 0. The summed E-state index contributed by atoms with van der Waals surface area (Å²) in [5.41, 5.74) is 1.47. The molecule has 3 aliphatic carbocycles. The summed E-state index contributed by atoms with van der Waals surface area (Å²) >= 11 is 0. The van der Waals surface area contributed by atoms with Gasteiger partial charge in [0.15, 0.2) is 6.29 Å². The van der Waals surface area contributed by atoms with Crippen LogP contribution in [0.3, 0.4) is 0 Å². The molecule has 1 heterocycles.